The molecule has 0 unspecified atom stereocenters. The Labute approximate surface area is 232 Å². The van der Waals surface area contributed by atoms with E-state index < -0.39 is 6.04 Å². The highest BCUT2D eigenvalue weighted by molar-refractivity contribution is 5.80. The van der Waals surface area contributed by atoms with Crippen molar-refractivity contribution in [2.45, 2.75) is 51.9 Å². The van der Waals surface area contributed by atoms with Gasteiger partial charge in [0, 0.05) is 23.0 Å². The third-order valence-corrected chi connectivity index (χ3v) is 7.40. The van der Waals surface area contributed by atoms with Gasteiger partial charge in [-0.2, -0.15) is 0 Å². The van der Waals surface area contributed by atoms with E-state index in [0.717, 1.165) is 34.4 Å². The molecule has 3 aromatic heterocycles. The summed E-state index contributed by atoms with van der Waals surface area (Å²) in [6.45, 7) is 7.16. The number of ether oxygens (including phenoxy) is 2. The molecule has 0 aliphatic rings. The van der Waals surface area contributed by atoms with Crippen molar-refractivity contribution in [3.63, 3.8) is 0 Å². The van der Waals surface area contributed by atoms with Gasteiger partial charge in [0.1, 0.15) is 23.3 Å². The lowest BCUT2D eigenvalue weighted by Crippen LogP contribution is -2.38. The fraction of sp³-hybridized carbons (Fsp3) is 0.333. The quantitative estimate of drug-likeness (QED) is 0.247. The highest BCUT2D eigenvalue weighted by Gasteiger charge is 2.35. The monoisotopic (exact) mass is 542 g/mol. The molecule has 1 N–H and O–H groups in total. The van der Waals surface area contributed by atoms with Crippen molar-refractivity contribution < 1.29 is 13.9 Å². The second-order valence-electron chi connectivity index (χ2n) is 10.4. The van der Waals surface area contributed by atoms with Crippen LogP contribution in [-0.4, -0.2) is 44.3 Å². The van der Waals surface area contributed by atoms with E-state index in [1.54, 1.807) is 20.5 Å². The average molecular weight is 543 g/mol. The highest BCUT2D eigenvalue weighted by Crippen LogP contribution is 2.33. The van der Waals surface area contributed by atoms with Gasteiger partial charge in [-0.05, 0) is 84.8 Å². The van der Waals surface area contributed by atoms with Crippen LogP contribution >= 0.6 is 0 Å². The van der Waals surface area contributed by atoms with E-state index >= 15 is 0 Å². The lowest BCUT2D eigenvalue weighted by Gasteiger charge is -2.33. The molecule has 2 aromatic carbocycles. The van der Waals surface area contributed by atoms with Crippen LogP contribution in [0.5, 0.6) is 11.5 Å². The van der Waals surface area contributed by atoms with E-state index in [9.17, 15) is 4.79 Å². The van der Waals surface area contributed by atoms with Gasteiger partial charge in [-0.15, -0.1) is 5.10 Å². The van der Waals surface area contributed by atoms with Crippen LogP contribution in [0.25, 0.3) is 10.9 Å². The van der Waals surface area contributed by atoms with Gasteiger partial charge in [0.2, 0.25) is 0 Å². The number of fused-ring (bicyclic) bond motifs is 1. The molecule has 0 saturated carbocycles. The van der Waals surface area contributed by atoms with E-state index in [4.69, 9.17) is 13.9 Å². The molecule has 0 aliphatic carbocycles. The summed E-state index contributed by atoms with van der Waals surface area (Å²) in [7, 11) is 3.27. The topological polar surface area (TPSA) is 111 Å². The molecule has 1 atom stereocenters. The molecule has 0 spiro atoms. The number of nitrogens with zero attached hydrogens (tertiary/aromatic N) is 5. The fourth-order valence-corrected chi connectivity index (χ4v) is 4.78. The minimum absolute atomic E-state index is 0.217. The zero-order valence-electron chi connectivity index (χ0n) is 23.4. The van der Waals surface area contributed by atoms with Gasteiger partial charge in [0.05, 0.1) is 32.6 Å². The summed E-state index contributed by atoms with van der Waals surface area (Å²) in [5.41, 5.74) is 1.66. The normalized spacial score (nSPS) is 12.7. The Balaban J connectivity index is 1.72. The van der Waals surface area contributed by atoms with Gasteiger partial charge in [-0.1, -0.05) is 19.1 Å². The second kappa shape index (κ2) is 11.4. The Hall–Kier alpha value is -4.44. The summed E-state index contributed by atoms with van der Waals surface area (Å²) in [6.07, 6.45) is 2.44. The number of tetrazole rings is 1. The molecule has 0 aliphatic heterocycles. The molecule has 0 saturated heterocycles. The van der Waals surface area contributed by atoms with Gasteiger partial charge >= 0.3 is 0 Å². The third kappa shape index (κ3) is 5.48. The number of aromatic nitrogens is 5. The minimum atomic E-state index is -0.604. The predicted molar refractivity (Wildman–Crippen MR) is 151 cm³/mol. The number of methoxy groups -OCH3 is 2. The lowest BCUT2D eigenvalue weighted by atomic mass is 9.98. The van der Waals surface area contributed by atoms with Crippen LogP contribution in [0.4, 0.5) is 0 Å². The number of hydrogen-bond donors (Lipinski definition) is 1. The maximum atomic E-state index is 13.8. The van der Waals surface area contributed by atoms with E-state index in [1.807, 2.05) is 65.3 Å². The number of furan rings is 1. The Morgan fingerprint density at radius 3 is 2.45 bits per heavy atom. The number of rotatable bonds is 11. The van der Waals surface area contributed by atoms with Gasteiger partial charge in [-0.25, -0.2) is 4.68 Å². The van der Waals surface area contributed by atoms with E-state index in [1.165, 1.54) is 0 Å². The molecule has 208 valence electrons. The molecule has 0 radical (unpaired) electrons. The smallest absolute Gasteiger partial charge is 0.253 e. The molecule has 3 heterocycles. The minimum Gasteiger partial charge on any atom is -0.497 e. The molecule has 10 nitrogen and oxygen atoms in total. The first-order chi connectivity index (χ1) is 19.3. The lowest BCUT2D eigenvalue weighted by molar-refractivity contribution is 0.168. The van der Waals surface area contributed by atoms with E-state index in [2.05, 4.69) is 46.2 Å². The van der Waals surface area contributed by atoms with Crippen molar-refractivity contribution in [1.29, 1.82) is 0 Å². The second-order valence-corrected chi connectivity index (χ2v) is 10.4. The maximum absolute atomic E-state index is 13.8. The predicted octanol–water partition coefficient (Wildman–Crippen LogP) is 5.06. The SMILES string of the molecule is CCC(C)(C)n1nnnc1[C@H](c1cc2cc(OC)ccc2[nH]c1=O)N(Cc1ccc(OC)cc1)Cc1ccco1. The van der Waals surface area contributed by atoms with Crippen molar-refractivity contribution in [2.24, 2.45) is 0 Å². The van der Waals surface area contributed by atoms with Crippen molar-refractivity contribution in [3.05, 3.63) is 100.0 Å². The van der Waals surface area contributed by atoms with Gasteiger partial charge in [0.15, 0.2) is 5.82 Å². The standard InChI is InChI=1S/C30H34N6O4/c1-6-30(2,3)36-28(32-33-34-36)27(25-17-21-16-23(39-5)13-14-26(21)31-29(25)37)35(19-24-8-7-15-40-24)18-20-9-11-22(38-4)12-10-20/h7-17,27H,6,18-19H2,1-5H3,(H,31,37)/t27-/m0/s1. The maximum Gasteiger partial charge on any atom is 0.253 e. The summed E-state index contributed by atoms with van der Waals surface area (Å²) in [5, 5.41) is 13.8. The molecule has 40 heavy (non-hydrogen) atoms. The van der Waals surface area contributed by atoms with Crippen molar-refractivity contribution in [3.8, 4) is 11.5 Å². The Morgan fingerprint density at radius 2 is 1.77 bits per heavy atom. The number of pyridine rings is 1. The van der Waals surface area contributed by atoms with Gasteiger partial charge in [0.25, 0.3) is 5.56 Å². The Morgan fingerprint density at radius 1 is 1.02 bits per heavy atom. The number of nitrogens with one attached hydrogen (secondary N) is 1. The van der Waals surface area contributed by atoms with Gasteiger partial charge in [-0.3, -0.25) is 9.69 Å². The largest absolute Gasteiger partial charge is 0.497 e. The summed E-state index contributed by atoms with van der Waals surface area (Å²) in [4.78, 5) is 19.0. The van der Waals surface area contributed by atoms with Crippen LogP contribution in [0.3, 0.4) is 0 Å². The first kappa shape index (κ1) is 27.1. The molecular formula is C30H34N6O4. The molecule has 0 bridgehead atoms. The third-order valence-electron chi connectivity index (χ3n) is 7.40. The van der Waals surface area contributed by atoms with Crippen LogP contribution in [0, 0.1) is 0 Å². The number of benzene rings is 2. The van der Waals surface area contributed by atoms with Crippen molar-refractivity contribution >= 4 is 10.9 Å². The van der Waals surface area contributed by atoms with E-state index in [0.29, 0.717) is 30.2 Å². The fourth-order valence-electron chi connectivity index (χ4n) is 4.78. The molecule has 5 aromatic rings. The summed E-state index contributed by atoms with van der Waals surface area (Å²) in [6, 6.07) is 18.5. The van der Waals surface area contributed by atoms with Crippen LogP contribution < -0.4 is 15.0 Å². The van der Waals surface area contributed by atoms with E-state index in [-0.39, 0.29) is 11.1 Å². The Bertz CT molecular complexity index is 1620. The highest BCUT2D eigenvalue weighted by atomic mass is 16.5. The van der Waals surface area contributed by atoms with Crippen molar-refractivity contribution in [2.75, 3.05) is 14.2 Å². The molecule has 5 rings (SSSR count). The zero-order valence-corrected chi connectivity index (χ0v) is 23.4. The van der Waals surface area contributed by atoms with Crippen molar-refractivity contribution in [1.82, 2.24) is 30.1 Å². The molecule has 10 heteroatoms. The van der Waals surface area contributed by atoms with Crippen LogP contribution in [0.2, 0.25) is 0 Å². The molecule has 0 fully saturated rings. The van der Waals surface area contributed by atoms with Gasteiger partial charge < -0.3 is 18.9 Å². The summed E-state index contributed by atoms with van der Waals surface area (Å²) < 4.78 is 18.4. The van der Waals surface area contributed by atoms with Crippen LogP contribution in [0.15, 0.2) is 76.1 Å². The zero-order chi connectivity index (χ0) is 28.3. The molecular weight excluding hydrogens is 508 g/mol. The number of H-pyrrole nitrogens is 1. The molecule has 0 amide bonds. The summed E-state index contributed by atoms with van der Waals surface area (Å²) >= 11 is 0. The first-order valence-corrected chi connectivity index (χ1v) is 13.2. The first-order valence-electron chi connectivity index (χ1n) is 13.2. The Kier molecular flexibility index (Phi) is 7.70. The number of aromatic amines is 1. The average Bonchev–Trinajstić information content (AvgIpc) is 3.67. The van der Waals surface area contributed by atoms with Crippen LogP contribution in [-0.2, 0) is 18.6 Å². The number of hydrogen-bond acceptors (Lipinski definition) is 8. The van der Waals surface area contributed by atoms with Crippen LogP contribution in [0.1, 0.15) is 55.9 Å². The summed E-state index contributed by atoms with van der Waals surface area (Å²) in [5.74, 6) is 2.79.